The molecule has 25 heavy (non-hydrogen) atoms. The maximum absolute atomic E-state index is 12.4. The minimum atomic E-state index is -0.0605. The molecule has 4 rings (SSSR count). The summed E-state index contributed by atoms with van der Waals surface area (Å²) in [7, 11) is 0. The first-order chi connectivity index (χ1) is 12.3. The molecule has 2 aliphatic rings. The number of para-hydroxylation sites is 1. The molecule has 2 fully saturated rings. The van der Waals surface area contributed by atoms with Gasteiger partial charge in [-0.1, -0.05) is 18.2 Å². The molecule has 0 radical (unpaired) electrons. The number of benzene rings is 1. The van der Waals surface area contributed by atoms with E-state index in [0.29, 0.717) is 17.9 Å². The molecule has 0 unspecified atom stereocenters. The Morgan fingerprint density at radius 1 is 1.08 bits per heavy atom. The molecule has 1 aliphatic carbocycles. The molecule has 1 aromatic heterocycles. The Hall–Kier alpha value is -2.34. The van der Waals surface area contributed by atoms with Gasteiger partial charge in [0.15, 0.2) is 0 Å². The van der Waals surface area contributed by atoms with Crippen LogP contribution in [0.2, 0.25) is 0 Å². The van der Waals surface area contributed by atoms with Gasteiger partial charge < -0.3 is 15.0 Å². The molecule has 0 bridgehead atoms. The van der Waals surface area contributed by atoms with E-state index in [0.717, 1.165) is 31.6 Å². The van der Waals surface area contributed by atoms with Crippen LogP contribution < -0.4 is 5.32 Å². The van der Waals surface area contributed by atoms with Crippen LogP contribution in [0.3, 0.4) is 0 Å². The van der Waals surface area contributed by atoms with E-state index in [1.54, 1.807) is 10.9 Å². The van der Waals surface area contributed by atoms with Crippen LogP contribution in [0, 0.1) is 0 Å². The quantitative estimate of drug-likeness (QED) is 0.927. The van der Waals surface area contributed by atoms with Crippen LogP contribution in [0.1, 0.15) is 32.1 Å². The topological polar surface area (TPSA) is 59.4 Å². The Morgan fingerprint density at radius 3 is 2.48 bits per heavy atom. The van der Waals surface area contributed by atoms with E-state index in [1.807, 2.05) is 41.4 Å². The van der Waals surface area contributed by atoms with Crippen molar-refractivity contribution < 1.29 is 9.53 Å². The van der Waals surface area contributed by atoms with Crippen molar-refractivity contribution in [1.29, 1.82) is 0 Å². The fraction of sp³-hybridized carbons (Fsp3) is 0.474. The smallest absolute Gasteiger partial charge is 0.321 e. The first-order valence-corrected chi connectivity index (χ1v) is 9.09. The number of nitrogens with zero attached hydrogens (tertiary/aromatic N) is 3. The highest BCUT2D eigenvalue weighted by atomic mass is 16.5. The summed E-state index contributed by atoms with van der Waals surface area (Å²) >= 11 is 0. The molecule has 2 amide bonds. The van der Waals surface area contributed by atoms with Gasteiger partial charge in [-0.3, -0.25) is 0 Å². The Bertz CT molecular complexity index is 703. The van der Waals surface area contributed by atoms with Gasteiger partial charge >= 0.3 is 6.03 Å². The number of hydrogen-bond donors (Lipinski definition) is 1. The maximum Gasteiger partial charge on any atom is 0.321 e. The number of anilines is 1. The number of aromatic nitrogens is 2. The largest absolute Gasteiger partial charge is 0.375 e. The zero-order chi connectivity index (χ0) is 17.1. The zero-order valence-electron chi connectivity index (χ0n) is 14.3. The first-order valence-electron chi connectivity index (χ1n) is 9.09. The molecular weight excluding hydrogens is 316 g/mol. The van der Waals surface area contributed by atoms with Crippen molar-refractivity contribution in [1.82, 2.24) is 14.7 Å². The van der Waals surface area contributed by atoms with Crippen LogP contribution in [0.5, 0.6) is 0 Å². The van der Waals surface area contributed by atoms with E-state index in [1.165, 1.54) is 19.3 Å². The van der Waals surface area contributed by atoms with E-state index in [2.05, 4.69) is 10.4 Å². The molecule has 132 valence electrons. The second-order valence-electron chi connectivity index (χ2n) is 6.81. The lowest BCUT2D eigenvalue weighted by Crippen LogP contribution is -2.44. The Kier molecular flexibility index (Phi) is 4.70. The standard InChI is InChI=1S/C19H24N4O2/c24-19(22-11-9-18(10-12-22)25-17-7-4-8-17)21-15-13-20-23(14-15)16-5-2-1-3-6-16/h1-3,5-6,13-14,17-18H,4,7-12H2,(H,21,24). The number of amides is 2. The summed E-state index contributed by atoms with van der Waals surface area (Å²) in [6.45, 7) is 1.49. The van der Waals surface area contributed by atoms with Crippen molar-refractivity contribution in [3.63, 3.8) is 0 Å². The van der Waals surface area contributed by atoms with Crippen molar-refractivity contribution in [3.05, 3.63) is 42.7 Å². The second-order valence-corrected chi connectivity index (χ2v) is 6.81. The van der Waals surface area contributed by atoms with Crippen LogP contribution in [-0.4, -0.2) is 46.0 Å². The third-order valence-electron chi connectivity index (χ3n) is 5.02. The van der Waals surface area contributed by atoms with Crippen molar-refractivity contribution >= 4 is 11.7 Å². The summed E-state index contributed by atoms with van der Waals surface area (Å²) in [5, 5.41) is 7.25. The number of ether oxygens (including phenoxy) is 1. The molecule has 0 atom stereocenters. The average Bonchev–Trinajstić information content (AvgIpc) is 3.08. The predicted molar refractivity (Wildman–Crippen MR) is 95.9 cm³/mol. The first kappa shape index (κ1) is 16.1. The monoisotopic (exact) mass is 340 g/mol. The zero-order valence-corrected chi connectivity index (χ0v) is 14.3. The minimum absolute atomic E-state index is 0.0605. The van der Waals surface area contributed by atoms with E-state index < -0.39 is 0 Å². The summed E-state index contributed by atoms with van der Waals surface area (Å²) in [6, 6.07) is 9.79. The molecule has 1 saturated heterocycles. The number of nitrogens with one attached hydrogen (secondary N) is 1. The number of piperidine rings is 1. The van der Waals surface area contributed by atoms with E-state index >= 15 is 0 Å². The van der Waals surface area contributed by atoms with E-state index in [9.17, 15) is 4.79 Å². The molecule has 1 aromatic carbocycles. The summed E-state index contributed by atoms with van der Waals surface area (Å²) in [6.07, 6.45) is 9.84. The van der Waals surface area contributed by atoms with Crippen LogP contribution in [0.4, 0.5) is 10.5 Å². The van der Waals surface area contributed by atoms with Gasteiger partial charge in [-0.25, -0.2) is 9.48 Å². The van der Waals surface area contributed by atoms with Gasteiger partial charge in [-0.05, 0) is 44.2 Å². The van der Waals surface area contributed by atoms with Gasteiger partial charge in [0, 0.05) is 13.1 Å². The molecule has 1 saturated carbocycles. The van der Waals surface area contributed by atoms with Gasteiger partial charge in [0.25, 0.3) is 0 Å². The molecule has 2 aromatic rings. The van der Waals surface area contributed by atoms with Crippen molar-refractivity contribution in [2.24, 2.45) is 0 Å². The molecule has 2 heterocycles. The maximum atomic E-state index is 12.4. The number of hydrogen-bond acceptors (Lipinski definition) is 3. The normalized spacial score (nSPS) is 18.8. The third-order valence-corrected chi connectivity index (χ3v) is 5.02. The Labute approximate surface area is 147 Å². The van der Waals surface area contributed by atoms with Crippen LogP contribution in [-0.2, 0) is 4.74 Å². The number of urea groups is 1. The molecule has 6 nitrogen and oxygen atoms in total. The highest BCUT2D eigenvalue weighted by Crippen LogP contribution is 2.26. The lowest BCUT2D eigenvalue weighted by molar-refractivity contribution is -0.0694. The average molecular weight is 340 g/mol. The lowest BCUT2D eigenvalue weighted by Gasteiger charge is -2.36. The number of likely N-dealkylation sites (tertiary alicyclic amines) is 1. The van der Waals surface area contributed by atoms with E-state index in [4.69, 9.17) is 4.74 Å². The second kappa shape index (κ2) is 7.27. The summed E-state index contributed by atoms with van der Waals surface area (Å²) in [5.41, 5.74) is 1.68. The number of carbonyl (C=O) groups is 1. The molecule has 1 N–H and O–H groups in total. The van der Waals surface area contributed by atoms with Crippen LogP contribution in [0.25, 0.3) is 5.69 Å². The van der Waals surface area contributed by atoms with Gasteiger partial charge in [0.2, 0.25) is 0 Å². The van der Waals surface area contributed by atoms with E-state index in [-0.39, 0.29) is 6.03 Å². The third kappa shape index (κ3) is 3.85. The van der Waals surface area contributed by atoms with Crippen LogP contribution in [0.15, 0.2) is 42.7 Å². The SMILES string of the molecule is O=C(Nc1cnn(-c2ccccc2)c1)N1CCC(OC2CCC2)CC1. The predicted octanol–water partition coefficient (Wildman–Crippen LogP) is 3.44. The minimum Gasteiger partial charge on any atom is -0.375 e. The highest BCUT2D eigenvalue weighted by molar-refractivity contribution is 5.89. The van der Waals surface area contributed by atoms with Crippen molar-refractivity contribution in [2.75, 3.05) is 18.4 Å². The molecule has 6 heteroatoms. The van der Waals surface area contributed by atoms with Gasteiger partial charge in [0.1, 0.15) is 0 Å². The lowest BCUT2D eigenvalue weighted by atomic mass is 9.95. The fourth-order valence-corrected chi connectivity index (χ4v) is 3.29. The summed E-state index contributed by atoms with van der Waals surface area (Å²) < 4.78 is 7.81. The van der Waals surface area contributed by atoms with Crippen LogP contribution >= 0.6 is 0 Å². The van der Waals surface area contributed by atoms with Crippen molar-refractivity contribution in [3.8, 4) is 5.69 Å². The van der Waals surface area contributed by atoms with Gasteiger partial charge in [-0.2, -0.15) is 5.10 Å². The van der Waals surface area contributed by atoms with Crippen molar-refractivity contribution in [2.45, 2.75) is 44.3 Å². The Balaban J connectivity index is 1.28. The highest BCUT2D eigenvalue weighted by Gasteiger charge is 2.27. The fourth-order valence-electron chi connectivity index (χ4n) is 3.29. The van der Waals surface area contributed by atoms with Gasteiger partial charge in [0.05, 0.1) is 36.0 Å². The molecular formula is C19H24N4O2. The van der Waals surface area contributed by atoms with Gasteiger partial charge in [-0.15, -0.1) is 0 Å². The number of rotatable bonds is 4. The summed E-state index contributed by atoms with van der Waals surface area (Å²) in [4.78, 5) is 14.3. The summed E-state index contributed by atoms with van der Waals surface area (Å²) in [5.74, 6) is 0. The number of carbonyl (C=O) groups excluding carboxylic acids is 1. The molecule has 0 spiro atoms. The molecule has 1 aliphatic heterocycles. The Morgan fingerprint density at radius 2 is 1.80 bits per heavy atom.